The summed E-state index contributed by atoms with van der Waals surface area (Å²) in [6, 6.07) is 18.7. The molecule has 0 aliphatic heterocycles. The van der Waals surface area contributed by atoms with Crippen LogP contribution in [0, 0.1) is 0 Å². The summed E-state index contributed by atoms with van der Waals surface area (Å²) in [6.07, 6.45) is 0. The number of hydrogen-bond acceptors (Lipinski definition) is 6. The van der Waals surface area contributed by atoms with Gasteiger partial charge in [-0.15, -0.1) is 0 Å². The molecule has 0 heterocycles. The predicted octanol–water partition coefficient (Wildman–Crippen LogP) is 4.73. The van der Waals surface area contributed by atoms with Crippen LogP contribution in [0.3, 0.4) is 0 Å². The molecule has 0 aromatic heterocycles. The van der Waals surface area contributed by atoms with Crippen LogP contribution in [0.1, 0.15) is 15.9 Å². The Morgan fingerprint density at radius 3 is 2.31 bits per heavy atom. The number of rotatable bonds is 9. The molecule has 0 saturated carbocycles. The highest BCUT2D eigenvalue weighted by Crippen LogP contribution is 2.29. The largest absolute Gasteiger partial charge is 0.495 e. The monoisotopic (exact) mass is 455 g/mol. The summed E-state index contributed by atoms with van der Waals surface area (Å²) in [4.78, 5) is 24.6. The Morgan fingerprint density at radius 2 is 1.59 bits per heavy atom. The van der Waals surface area contributed by atoms with E-state index in [1.165, 1.54) is 20.3 Å². The van der Waals surface area contributed by atoms with Crippen molar-refractivity contribution in [3.05, 3.63) is 82.9 Å². The van der Waals surface area contributed by atoms with Crippen molar-refractivity contribution in [1.29, 1.82) is 0 Å². The number of methoxy groups -OCH3 is 2. The van der Waals surface area contributed by atoms with Gasteiger partial charge in [0, 0.05) is 5.02 Å². The van der Waals surface area contributed by atoms with E-state index in [0.717, 1.165) is 5.56 Å². The molecular weight excluding hydrogens is 434 g/mol. The highest BCUT2D eigenvalue weighted by Gasteiger charge is 2.14. The van der Waals surface area contributed by atoms with Gasteiger partial charge in [0.1, 0.15) is 12.4 Å². The number of amides is 1. The first-order valence-corrected chi connectivity index (χ1v) is 10.0. The number of carbonyl (C=O) groups is 2. The number of esters is 1. The summed E-state index contributed by atoms with van der Waals surface area (Å²) < 4.78 is 21.4. The topological polar surface area (TPSA) is 83.1 Å². The van der Waals surface area contributed by atoms with Gasteiger partial charge in [0.05, 0.1) is 25.5 Å². The average molecular weight is 456 g/mol. The molecule has 0 fully saturated rings. The molecule has 3 aromatic carbocycles. The molecule has 7 nitrogen and oxygen atoms in total. The zero-order valence-electron chi connectivity index (χ0n) is 17.6. The van der Waals surface area contributed by atoms with Crippen LogP contribution in [-0.4, -0.2) is 32.7 Å². The molecule has 0 unspecified atom stereocenters. The van der Waals surface area contributed by atoms with E-state index in [1.54, 1.807) is 60.7 Å². The van der Waals surface area contributed by atoms with Gasteiger partial charge in [-0.05, 0) is 48.0 Å². The summed E-state index contributed by atoms with van der Waals surface area (Å²) in [5, 5.41) is 3.33. The van der Waals surface area contributed by atoms with Gasteiger partial charge in [-0.1, -0.05) is 35.9 Å². The van der Waals surface area contributed by atoms with Gasteiger partial charge in [-0.2, -0.15) is 0 Å². The third kappa shape index (κ3) is 6.15. The van der Waals surface area contributed by atoms with Crippen LogP contribution in [0.5, 0.6) is 17.2 Å². The Kier molecular flexibility index (Phi) is 7.94. The number of nitrogens with one attached hydrogen (secondary N) is 1. The molecule has 1 amide bonds. The minimum atomic E-state index is -0.515. The number of hydrogen-bond donors (Lipinski definition) is 1. The molecule has 3 rings (SSSR count). The van der Waals surface area contributed by atoms with E-state index < -0.39 is 5.97 Å². The Balaban J connectivity index is 1.58. The van der Waals surface area contributed by atoms with Gasteiger partial charge in [-0.3, -0.25) is 4.79 Å². The minimum absolute atomic E-state index is 0.111. The fourth-order valence-electron chi connectivity index (χ4n) is 2.80. The SMILES string of the molecule is COc1ccccc1NC(=O)COc1ccc(C(=O)OCc2ccc(Cl)cc2)cc1OC. The fourth-order valence-corrected chi connectivity index (χ4v) is 2.93. The molecule has 3 aromatic rings. The molecule has 8 heteroatoms. The molecule has 0 radical (unpaired) electrons. The van der Waals surface area contributed by atoms with Crippen molar-refractivity contribution >= 4 is 29.2 Å². The van der Waals surface area contributed by atoms with E-state index in [9.17, 15) is 9.59 Å². The number of anilines is 1. The number of halogens is 1. The lowest BCUT2D eigenvalue weighted by molar-refractivity contribution is -0.118. The Morgan fingerprint density at radius 1 is 0.875 bits per heavy atom. The standard InChI is InChI=1S/C24H22ClNO6/c1-29-20-6-4-3-5-19(20)26-23(27)15-31-21-12-9-17(13-22(21)30-2)24(28)32-14-16-7-10-18(25)11-8-16/h3-13H,14-15H2,1-2H3,(H,26,27). The average Bonchev–Trinajstić information content (AvgIpc) is 2.82. The van der Waals surface area contributed by atoms with Gasteiger partial charge in [0.25, 0.3) is 5.91 Å². The normalized spacial score (nSPS) is 10.2. The number of benzene rings is 3. The molecular formula is C24H22ClNO6. The Hall–Kier alpha value is -3.71. The summed E-state index contributed by atoms with van der Waals surface area (Å²) in [5.74, 6) is 0.273. The van der Waals surface area contributed by atoms with Crippen LogP contribution < -0.4 is 19.5 Å². The van der Waals surface area contributed by atoms with E-state index in [1.807, 2.05) is 0 Å². The summed E-state index contributed by atoms with van der Waals surface area (Å²) in [7, 11) is 2.97. The number of carbonyl (C=O) groups excluding carboxylic acids is 2. The van der Waals surface area contributed by atoms with Crippen LogP contribution in [0.15, 0.2) is 66.7 Å². The van der Waals surface area contributed by atoms with E-state index in [-0.39, 0.29) is 19.1 Å². The molecule has 0 saturated heterocycles. The lowest BCUT2D eigenvalue weighted by Crippen LogP contribution is -2.20. The molecule has 0 spiro atoms. The first-order valence-electron chi connectivity index (χ1n) is 9.65. The highest BCUT2D eigenvalue weighted by atomic mass is 35.5. The van der Waals surface area contributed by atoms with Gasteiger partial charge >= 0.3 is 5.97 Å². The van der Waals surface area contributed by atoms with E-state index in [2.05, 4.69) is 5.32 Å². The molecule has 32 heavy (non-hydrogen) atoms. The van der Waals surface area contributed by atoms with Crippen molar-refractivity contribution < 1.29 is 28.5 Å². The second kappa shape index (κ2) is 11.1. The van der Waals surface area contributed by atoms with Crippen molar-refractivity contribution in [2.24, 2.45) is 0 Å². The quantitative estimate of drug-likeness (QED) is 0.469. The summed E-state index contributed by atoms with van der Waals surface area (Å²) in [5.41, 5.74) is 1.65. The van der Waals surface area contributed by atoms with Crippen LogP contribution in [0.25, 0.3) is 0 Å². The van der Waals surface area contributed by atoms with Crippen molar-refractivity contribution in [1.82, 2.24) is 0 Å². The second-order valence-electron chi connectivity index (χ2n) is 6.61. The van der Waals surface area contributed by atoms with E-state index in [4.69, 9.17) is 30.5 Å². The second-order valence-corrected chi connectivity index (χ2v) is 7.04. The maximum absolute atomic E-state index is 12.4. The fraction of sp³-hybridized carbons (Fsp3) is 0.167. The molecule has 0 aliphatic carbocycles. The van der Waals surface area contributed by atoms with Crippen LogP contribution >= 0.6 is 11.6 Å². The molecule has 0 aliphatic rings. The predicted molar refractivity (Wildman–Crippen MR) is 121 cm³/mol. The first-order chi connectivity index (χ1) is 15.5. The highest BCUT2D eigenvalue weighted by molar-refractivity contribution is 6.30. The third-order valence-corrected chi connectivity index (χ3v) is 4.67. The number of ether oxygens (including phenoxy) is 4. The molecule has 166 valence electrons. The van der Waals surface area contributed by atoms with Crippen molar-refractivity contribution in [3.8, 4) is 17.2 Å². The minimum Gasteiger partial charge on any atom is -0.495 e. The zero-order chi connectivity index (χ0) is 22.9. The molecule has 1 N–H and O–H groups in total. The smallest absolute Gasteiger partial charge is 0.338 e. The Labute approximate surface area is 190 Å². The zero-order valence-corrected chi connectivity index (χ0v) is 18.3. The molecule has 0 bridgehead atoms. The van der Waals surface area contributed by atoms with Gasteiger partial charge < -0.3 is 24.3 Å². The van der Waals surface area contributed by atoms with Crippen molar-refractivity contribution in [2.75, 3.05) is 26.1 Å². The van der Waals surface area contributed by atoms with Crippen LogP contribution in [-0.2, 0) is 16.1 Å². The summed E-state index contributed by atoms with van der Waals surface area (Å²) in [6.45, 7) is -0.144. The van der Waals surface area contributed by atoms with E-state index in [0.29, 0.717) is 33.5 Å². The van der Waals surface area contributed by atoms with Crippen molar-refractivity contribution in [2.45, 2.75) is 6.61 Å². The van der Waals surface area contributed by atoms with Crippen molar-refractivity contribution in [3.63, 3.8) is 0 Å². The third-order valence-electron chi connectivity index (χ3n) is 4.42. The maximum Gasteiger partial charge on any atom is 0.338 e. The lowest BCUT2D eigenvalue weighted by Gasteiger charge is -2.13. The van der Waals surface area contributed by atoms with Crippen LogP contribution in [0.4, 0.5) is 5.69 Å². The van der Waals surface area contributed by atoms with Gasteiger partial charge in [-0.25, -0.2) is 4.79 Å². The maximum atomic E-state index is 12.4. The van der Waals surface area contributed by atoms with Gasteiger partial charge in [0.15, 0.2) is 18.1 Å². The first kappa shape index (κ1) is 23.0. The van der Waals surface area contributed by atoms with E-state index >= 15 is 0 Å². The molecule has 0 atom stereocenters. The Bertz CT molecular complexity index is 1080. The number of para-hydroxylation sites is 2. The van der Waals surface area contributed by atoms with Crippen LogP contribution in [0.2, 0.25) is 5.02 Å². The van der Waals surface area contributed by atoms with Gasteiger partial charge in [0.2, 0.25) is 0 Å². The lowest BCUT2D eigenvalue weighted by atomic mass is 10.2. The summed E-state index contributed by atoms with van der Waals surface area (Å²) >= 11 is 5.85.